The lowest BCUT2D eigenvalue weighted by Crippen LogP contribution is -2.38. The summed E-state index contributed by atoms with van der Waals surface area (Å²) in [5.74, 6) is 0. The highest BCUT2D eigenvalue weighted by molar-refractivity contribution is 6.88. The summed E-state index contributed by atoms with van der Waals surface area (Å²) in [5, 5.41) is 5.17. The molecule has 1 aliphatic rings. The second kappa shape index (κ2) is 5.18. The predicted molar refractivity (Wildman–Crippen MR) is 83.1 cm³/mol. The van der Waals surface area contributed by atoms with E-state index in [4.69, 9.17) is 0 Å². The fourth-order valence-electron chi connectivity index (χ4n) is 2.59. The van der Waals surface area contributed by atoms with Crippen molar-refractivity contribution in [1.29, 1.82) is 0 Å². The Bertz CT molecular complexity index is 385. The first kappa shape index (κ1) is 13.8. The monoisotopic (exact) mass is 261 g/mol. The average Bonchev–Trinajstić information content (AvgIpc) is 2.26. The van der Waals surface area contributed by atoms with Crippen LogP contribution >= 0.6 is 0 Å². The third-order valence-corrected chi connectivity index (χ3v) is 6.33. The minimum atomic E-state index is -1.13. The standard InChI is InChI=1S/C16H27NSi/c1-16(10-5-11-16)13-17-12-14-6-8-15(9-7-14)18(2,3)4/h6-9,17H,5,10-13H2,1-4H3. The van der Waals surface area contributed by atoms with Crippen molar-refractivity contribution in [2.24, 2.45) is 5.41 Å². The number of rotatable bonds is 5. The molecular formula is C16H27NSi. The van der Waals surface area contributed by atoms with Crippen molar-refractivity contribution < 1.29 is 0 Å². The van der Waals surface area contributed by atoms with Crippen molar-refractivity contribution in [3.05, 3.63) is 29.8 Å². The normalized spacial score (nSPS) is 18.4. The van der Waals surface area contributed by atoms with Gasteiger partial charge in [0.05, 0.1) is 8.07 Å². The van der Waals surface area contributed by atoms with Crippen LogP contribution in [-0.2, 0) is 6.54 Å². The smallest absolute Gasteiger partial charge is 0.0775 e. The van der Waals surface area contributed by atoms with Crippen LogP contribution in [0.3, 0.4) is 0 Å². The van der Waals surface area contributed by atoms with E-state index in [1.165, 1.54) is 31.4 Å². The number of nitrogens with one attached hydrogen (secondary N) is 1. The minimum Gasteiger partial charge on any atom is -0.312 e. The molecule has 100 valence electrons. The summed E-state index contributed by atoms with van der Waals surface area (Å²) in [6.45, 7) is 11.8. The molecule has 0 atom stereocenters. The highest BCUT2D eigenvalue weighted by Gasteiger charge is 2.30. The van der Waals surface area contributed by atoms with E-state index in [2.05, 4.69) is 56.1 Å². The first-order valence-corrected chi connectivity index (χ1v) is 10.7. The third kappa shape index (κ3) is 3.45. The Morgan fingerprint density at radius 1 is 1.11 bits per heavy atom. The summed E-state index contributed by atoms with van der Waals surface area (Å²) >= 11 is 0. The molecule has 0 aliphatic heterocycles. The Morgan fingerprint density at radius 3 is 2.17 bits per heavy atom. The van der Waals surface area contributed by atoms with E-state index in [0.29, 0.717) is 5.41 Å². The minimum absolute atomic E-state index is 0.582. The lowest BCUT2D eigenvalue weighted by molar-refractivity contribution is 0.156. The molecule has 2 heteroatoms. The average molecular weight is 261 g/mol. The predicted octanol–water partition coefficient (Wildman–Crippen LogP) is 3.51. The summed E-state index contributed by atoms with van der Waals surface area (Å²) in [4.78, 5) is 0. The zero-order chi connectivity index (χ0) is 13.2. The van der Waals surface area contributed by atoms with Gasteiger partial charge in [0.15, 0.2) is 0 Å². The zero-order valence-electron chi connectivity index (χ0n) is 12.3. The summed E-state index contributed by atoms with van der Waals surface area (Å²) < 4.78 is 0. The van der Waals surface area contributed by atoms with Gasteiger partial charge in [0.1, 0.15) is 0 Å². The molecule has 1 saturated carbocycles. The van der Waals surface area contributed by atoms with Crippen LogP contribution in [0.25, 0.3) is 0 Å². The summed E-state index contributed by atoms with van der Waals surface area (Å²) in [7, 11) is -1.13. The Kier molecular flexibility index (Phi) is 3.98. The lowest BCUT2D eigenvalue weighted by atomic mass is 9.70. The van der Waals surface area contributed by atoms with E-state index in [1.807, 2.05) is 0 Å². The van der Waals surface area contributed by atoms with Crippen molar-refractivity contribution in [2.45, 2.75) is 52.4 Å². The molecule has 2 rings (SSSR count). The number of hydrogen-bond acceptors (Lipinski definition) is 1. The molecule has 1 nitrogen and oxygen atoms in total. The molecule has 0 bridgehead atoms. The molecule has 0 heterocycles. The first-order chi connectivity index (χ1) is 8.39. The van der Waals surface area contributed by atoms with Crippen LogP contribution in [0.5, 0.6) is 0 Å². The Labute approximate surface area is 113 Å². The quantitative estimate of drug-likeness (QED) is 0.800. The fraction of sp³-hybridized carbons (Fsp3) is 0.625. The molecule has 0 unspecified atom stereocenters. The van der Waals surface area contributed by atoms with E-state index < -0.39 is 8.07 Å². The van der Waals surface area contributed by atoms with Gasteiger partial charge in [0.25, 0.3) is 0 Å². The van der Waals surface area contributed by atoms with Crippen molar-refractivity contribution in [1.82, 2.24) is 5.32 Å². The molecule has 1 aliphatic carbocycles. The fourth-order valence-corrected chi connectivity index (χ4v) is 3.75. The van der Waals surface area contributed by atoms with Gasteiger partial charge < -0.3 is 5.32 Å². The van der Waals surface area contributed by atoms with Crippen LogP contribution in [0, 0.1) is 5.41 Å². The molecule has 0 saturated heterocycles. The van der Waals surface area contributed by atoms with E-state index in [0.717, 1.165) is 6.54 Å². The van der Waals surface area contributed by atoms with Gasteiger partial charge in [-0.1, -0.05) is 62.4 Å². The molecule has 18 heavy (non-hydrogen) atoms. The van der Waals surface area contributed by atoms with Gasteiger partial charge in [-0.3, -0.25) is 0 Å². The van der Waals surface area contributed by atoms with Gasteiger partial charge >= 0.3 is 0 Å². The van der Waals surface area contributed by atoms with Gasteiger partial charge in [0, 0.05) is 13.1 Å². The highest BCUT2D eigenvalue weighted by Crippen LogP contribution is 2.39. The van der Waals surface area contributed by atoms with Gasteiger partial charge in [-0.2, -0.15) is 0 Å². The van der Waals surface area contributed by atoms with Crippen LogP contribution in [-0.4, -0.2) is 14.6 Å². The van der Waals surface area contributed by atoms with Crippen molar-refractivity contribution in [3.63, 3.8) is 0 Å². The maximum Gasteiger partial charge on any atom is 0.0775 e. The van der Waals surface area contributed by atoms with Crippen LogP contribution in [0.4, 0.5) is 0 Å². The first-order valence-electron chi connectivity index (χ1n) is 7.19. The van der Waals surface area contributed by atoms with Gasteiger partial charge in [-0.15, -0.1) is 0 Å². The number of benzene rings is 1. The third-order valence-electron chi connectivity index (χ3n) is 4.26. The van der Waals surface area contributed by atoms with Crippen LogP contribution in [0.2, 0.25) is 19.6 Å². The van der Waals surface area contributed by atoms with Gasteiger partial charge in [-0.05, 0) is 23.8 Å². The topological polar surface area (TPSA) is 12.0 Å². The molecule has 0 amide bonds. The van der Waals surface area contributed by atoms with E-state index in [-0.39, 0.29) is 0 Å². The molecule has 0 radical (unpaired) electrons. The molecule has 1 aromatic carbocycles. The Morgan fingerprint density at radius 2 is 1.72 bits per heavy atom. The highest BCUT2D eigenvalue weighted by atomic mass is 28.3. The molecule has 1 fully saturated rings. The van der Waals surface area contributed by atoms with Gasteiger partial charge in [0.2, 0.25) is 0 Å². The van der Waals surface area contributed by atoms with Crippen LogP contribution < -0.4 is 10.5 Å². The molecule has 1 N–H and O–H groups in total. The number of hydrogen-bond donors (Lipinski definition) is 1. The van der Waals surface area contributed by atoms with E-state index >= 15 is 0 Å². The van der Waals surface area contributed by atoms with Crippen molar-refractivity contribution in [2.75, 3.05) is 6.54 Å². The Hall–Kier alpha value is -0.603. The van der Waals surface area contributed by atoms with Crippen LogP contribution in [0.15, 0.2) is 24.3 Å². The lowest BCUT2D eigenvalue weighted by Gasteiger charge is -2.38. The zero-order valence-corrected chi connectivity index (χ0v) is 13.3. The second-order valence-electron chi connectivity index (χ2n) is 7.21. The largest absolute Gasteiger partial charge is 0.312 e. The maximum atomic E-state index is 3.61. The van der Waals surface area contributed by atoms with Gasteiger partial charge in [-0.25, -0.2) is 0 Å². The van der Waals surface area contributed by atoms with E-state index in [9.17, 15) is 0 Å². The molecule has 0 spiro atoms. The summed E-state index contributed by atoms with van der Waals surface area (Å²) in [6.07, 6.45) is 4.21. The van der Waals surface area contributed by atoms with Crippen LogP contribution in [0.1, 0.15) is 31.7 Å². The molecule has 0 aromatic heterocycles. The van der Waals surface area contributed by atoms with E-state index in [1.54, 1.807) is 5.19 Å². The summed E-state index contributed by atoms with van der Waals surface area (Å²) in [6, 6.07) is 9.25. The van der Waals surface area contributed by atoms with Crippen molar-refractivity contribution >= 4 is 13.3 Å². The summed E-state index contributed by atoms with van der Waals surface area (Å²) in [5.41, 5.74) is 2.00. The SMILES string of the molecule is CC1(CNCc2ccc([Si](C)(C)C)cc2)CCC1. The van der Waals surface area contributed by atoms with Crippen molar-refractivity contribution in [3.8, 4) is 0 Å². The second-order valence-corrected chi connectivity index (χ2v) is 12.3. The molecule has 1 aromatic rings. The molecular weight excluding hydrogens is 234 g/mol. The Balaban J connectivity index is 1.83. The maximum absolute atomic E-state index is 3.61.